The maximum Gasteiger partial charge on any atom is 0.338 e. The van der Waals surface area contributed by atoms with Crippen LogP contribution in [0, 0.1) is 72.5 Å². The molecule has 4 aliphatic carbocycles. The second-order valence-corrected chi connectivity index (χ2v) is 16.5. The van der Waals surface area contributed by atoms with Crippen molar-refractivity contribution in [2.45, 2.75) is 111 Å². The van der Waals surface area contributed by atoms with E-state index in [2.05, 4.69) is 27.7 Å². The number of carbonyl (C=O) groups is 1. The summed E-state index contributed by atoms with van der Waals surface area (Å²) in [7, 11) is 0. The number of rotatable bonds is 11. The van der Waals surface area contributed by atoms with Crippen molar-refractivity contribution in [1.29, 1.82) is 0 Å². The highest BCUT2D eigenvalue weighted by molar-refractivity contribution is 5.98. The van der Waals surface area contributed by atoms with Gasteiger partial charge in [-0.25, -0.2) is 4.79 Å². The fourth-order valence-electron chi connectivity index (χ4n) is 11.5. The van der Waals surface area contributed by atoms with E-state index in [1.54, 1.807) is 24.3 Å². The van der Waals surface area contributed by atoms with Crippen LogP contribution in [0.1, 0.15) is 122 Å². The van der Waals surface area contributed by atoms with Gasteiger partial charge in [0.2, 0.25) is 0 Å². The first-order chi connectivity index (χ1) is 22.9. The fraction of sp³-hybridized carbons (Fsp3) is 0.675. The number of nitrogens with zero attached hydrogens (tertiary/aromatic N) is 2. The summed E-state index contributed by atoms with van der Waals surface area (Å²) in [4.78, 5) is 34.9. The Morgan fingerprint density at radius 3 is 2.40 bits per heavy atom. The molecule has 48 heavy (non-hydrogen) atoms. The minimum absolute atomic E-state index is 0.146. The minimum atomic E-state index is -0.671. The second-order valence-electron chi connectivity index (χ2n) is 16.5. The molecule has 0 spiro atoms. The third-order valence-corrected chi connectivity index (χ3v) is 14.0. The first-order valence-electron chi connectivity index (χ1n) is 18.6. The monoisotopic (exact) mass is 658 g/mol. The number of carbonyl (C=O) groups excluding carboxylic acids is 1. The zero-order valence-corrected chi connectivity index (χ0v) is 29.3. The van der Waals surface area contributed by atoms with Crippen molar-refractivity contribution in [3.63, 3.8) is 0 Å². The maximum absolute atomic E-state index is 13.2. The smallest absolute Gasteiger partial charge is 0.338 e. The Balaban J connectivity index is 1.02. The molecule has 2 unspecified atom stereocenters. The van der Waals surface area contributed by atoms with Crippen molar-refractivity contribution in [3.8, 4) is 11.1 Å². The van der Waals surface area contributed by atoms with Gasteiger partial charge in [0.05, 0.1) is 33.6 Å². The molecule has 0 heterocycles. The lowest BCUT2D eigenvalue weighted by Crippen LogP contribution is -2.53. The van der Waals surface area contributed by atoms with Gasteiger partial charge in [0, 0.05) is 11.6 Å². The summed E-state index contributed by atoms with van der Waals surface area (Å²) in [5.41, 5.74) is 0.950. The molecule has 2 aromatic rings. The minimum Gasteiger partial charge on any atom is -0.462 e. The van der Waals surface area contributed by atoms with E-state index in [4.69, 9.17) is 4.74 Å². The number of hydrogen-bond donors (Lipinski definition) is 0. The lowest BCUT2D eigenvalue weighted by Gasteiger charge is -2.61. The number of hydrogen-bond acceptors (Lipinski definition) is 6. The van der Waals surface area contributed by atoms with E-state index in [0.29, 0.717) is 22.3 Å². The molecule has 0 aromatic heterocycles. The quantitative estimate of drug-likeness (QED) is 0.135. The molecule has 2 aromatic carbocycles. The van der Waals surface area contributed by atoms with E-state index in [-0.39, 0.29) is 29.3 Å². The second kappa shape index (κ2) is 13.9. The van der Waals surface area contributed by atoms with E-state index in [0.717, 1.165) is 48.5 Å². The van der Waals surface area contributed by atoms with Crippen LogP contribution in [-0.4, -0.2) is 22.4 Å². The van der Waals surface area contributed by atoms with Gasteiger partial charge in [-0.2, -0.15) is 0 Å². The molecule has 4 aliphatic rings. The molecule has 260 valence electrons. The van der Waals surface area contributed by atoms with Gasteiger partial charge < -0.3 is 4.74 Å². The van der Waals surface area contributed by atoms with Gasteiger partial charge in [-0.15, -0.1) is 0 Å². The molecule has 0 saturated heterocycles. The van der Waals surface area contributed by atoms with Crippen LogP contribution in [0.25, 0.3) is 11.1 Å². The normalized spacial score (nSPS) is 32.3. The van der Waals surface area contributed by atoms with Crippen LogP contribution in [-0.2, 0) is 4.74 Å². The molecule has 9 atom stereocenters. The molecule has 8 nitrogen and oxygen atoms in total. The summed E-state index contributed by atoms with van der Waals surface area (Å²) in [5, 5.41) is 23.0. The lowest BCUT2D eigenvalue weighted by molar-refractivity contribution is -0.393. The summed E-state index contributed by atoms with van der Waals surface area (Å²) < 4.78 is 5.74. The zero-order valence-electron chi connectivity index (χ0n) is 29.3. The Labute approximate surface area is 285 Å². The molecule has 0 bridgehead atoms. The van der Waals surface area contributed by atoms with Gasteiger partial charge in [0.1, 0.15) is 0 Å². The van der Waals surface area contributed by atoms with Crippen LogP contribution >= 0.6 is 0 Å². The van der Waals surface area contributed by atoms with Crippen molar-refractivity contribution in [2.24, 2.45) is 52.3 Å². The van der Waals surface area contributed by atoms with Crippen LogP contribution in [0.3, 0.4) is 0 Å². The van der Waals surface area contributed by atoms with Crippen molar-refractivity contribution >= 4 is 17.3 Å². The highest BCUT2D eigenvalue weighted by Crippen LogP contribution is 2.68. The van der Waals surface area contributed by atoms with E-state index in [1.165, 1.54) is 82.8 Å². The van der Waals surface area contributed by atoms with Gasteiger partial charge in [0.15, 0.2) is 0 Å². The average molecular weight is 659 g/mol. The maximum atomic E-state index is 13.2. The van der Waals surface area contributed by atoms with Crippen LogP contribution in [0.15, 0.2) is 42.5 Å². The van der Waals surface area contributed by atoms with Gasteiger partial charge >= 0.3 is 5.97 Å². The number of fused-ring (bicyclic) bond motifs is 5. The van der Waals surface area contributed by atoms with Crippen molar-refractivity contribution in [1.82, 2.24) is 0 Å². The Morgan fingerprint density at radius 2 is 1.62 bits per heavy atom. The van der Waals surface area contributed by atoms with E-state index >= 15 is 0 Å². The predicted molar refractivity (Wildman–Crippen MR) is 187 cm³/mol. The molecular formula is C40H54N2O6. The number of non-ortho nitro benzene ring substituents is 1. The number of esters is 1. The summed E-state index contributed by atoms with van der Waals surface area (Å²) in [6, 6.07) is 10.0. The lowest BCUT2D eigenvalue weighted by atomic mass is 9.44. The summed E-state index contributed by atoms with van der Waals surface area (Å²) in [5.74, 6) is 4.89. The Bertz CT molecular complexity index is 1520. The molecule has 4 fully saturated rings. The van der Waals surface area contributed by atoms with E-state index in [1.807, 2.05) is 0 Å². The molecule has 0 radical (unpaired) electrons. The zero-order chi connectivity index (χ0) is 34.2. The van der Waals surface area contributed by atoms with Crippen molar-refractivity contribution in [2.75, 3.05) is 6.61 Å². The Kier molecular flexibility index (Phi) is 10.0. The van der Waals surface area contributed by atoms with Crippen LogP contribution < -0.4 is 0 Å². The standard InChI is InChI=1S/C40H54N2O6/c1-26(25-48-38(43)32-14-6-5-13-30(32)31-18-16-29(41(44)45)24-37(31)42(46)47)10-9-11-27(2)34-19-20-35-33-17-15-28-12-7-8-22-39(28,3)36(33)21-23-40(34,35)4/h5-6,13-14,16,18,24,26-28,33-36H,7-12,15,17,19-23,25H2,1-4H3/t26?,27-,28?,33+,34-,35+,36+,39+,40-/m1/s1. The van der Waals surface area contributed by atoms with Crippen molar-refractivity contribution in [3.05, 3.63) is 68.3 Å². The molecule has 4 saturated carbocycles. The Morgan fingerprint density at radius 1 is 0.854 bits per heavy atom. The highest BCUT2D eigenvalue weighted by Gasteiger charge is 2.60. The van der Waals surface area contributed by atoms with Crippen LogP contribution in [0.4, 0.5) is 11.4 Å². The summed E-state index contributed by atoms with van der Waals surface area (Å²) in [6.07, 6.45) is 17.7. The summed E-state index contributed by atoms with van der Waals surface area (Å²) in [6.45, 7) is 10.2. The molecule has 6 rings (SSSR count). The van der Waals surface area contributed by atoms with Crippen LogP contribution in [0.2, 0.25) is 0 Å². The number of benzene rings is 2. The van der Waals surface area contributed by atoms with Crippen LogP contribution in [0.5, 0.6) is 0 Å². The highest BCUT2D eigenvalue weighted by atomic mass is 16.6. The molecule has 8 heteroatoms. The third-order valence-electron chi connectivity index (χ3n) is 14.0. The topological polar surface area (TPSA) is 113 Å². The first kappa shape index (κ1) is 34.6. The average Bonchev–Trinajstić information content (AvgIpc) is 3.44. The number of nitro benzene ring substituents is 2. The van der Waals surface area contributed by atoms with Gasteiger partial charge in [-0.3, -0.25) is 20.2 Å². The molecule has 0 amide bonds. The fourth-order valence-corrected chi connectivity index (χ4v) is 11.5. The molecular weight excluding hydrogens is 604 g/mol. The summed E-state index contributed by atoms with van der Waals surface area (Å²) >= 11 is 0. The van der Waals surface area contributed by atoms with E-state index in [9.17, 15) is 25.0 Å². The predicted octanol–water partition coefficient (Wildman–Crippen LogP) is 10.8. The Hall–Kier alpha value is -3.29. The number of nitro groups is 2. The van der Waals surface area contributed by atoms with Gasteiger partial charge in [-0.1, -0.05) is 71.6 Å². The van der Waals surface area contributed by atoms with E-state index < -0.39 is 21.5 Å². The molecule has 0 aliphatic heterocycles. The van der Waals surface area contributed by atoms with Gasteiger partial charge in [0.25, 0.3) is 11.4 Å². The SMILES string of the molecule is CC(CCC[C@@H](C)[C@H]1CC[C@H]2[C@@H]3CCC4CCCC[C@]4(C)[C@H]3CC[C@]12C)COC(=O)c1ccccc1-c1ccc([N+](=O)[O-])cc1[N+](=O)[O-]. The largest absolute Gasteiger partial charge is 0.462 e. The van der Waals surface area contributed by atoms with Crippen molar-refractivity contribution < 1.29 is 19.4 Å². The number of ether oxygens (including phenoxy) is 1. The third kappa shape index (κ3) is 6.40. The van der Waals surface area contributed by atoms with Gasteiger partial charge in [-0.05, 0) is 122 Å². The molecule has 0 N–H and O–H groups in total. The first-order valence-corrected chi connectivity index (χ1v) is 18.6.